The highest BCUT2D eigenvalue weighted by Gasteiger charge is 2.12. The van der Waals surface area contributed by atoms with Crippen LogP contribution in [0.25, 0.3) is 0 Å². The smallest absolute Gasteiger partial charge is 0.303 e. The van der Waals surface area contributed by atoms with E-state index in [1.807, 2.05) is 0 Å². The van der Waals surface area contributed by atoms with Gasteiger partial charge in [0, 0.05) is 18.9 Å². The standard InChI is InChI=1S/C14H17F2NO3/c1-9(5-8-13(19)20)17-12(18)7-6-10-3-2-4-11(15)14(10)16/h2-4,9H,5-8H2,1H3,(H,17,18)(H,19,20). The third-order valence-corrected chi connectivity index (χ3v) is 2.85. The summed E-state index contributed by atoms with van der Waals surface area (Å²) in [5.74, 6) is -3.10. The molecule has 110 valence electrons. The van der Waals surface area contributed by atoms with Crippen LogP contribution in [0.3, 0.4) is 0 Å². The van der Waals surface area contributed by atoms with Gasteiger partial charge in [0.05, 0.1) is 0 Å². The SMILES string of the molecule is CC(CCC(=O)O)NC(=O)CCc1cccc(F)c1F. The summed E-state index contributed by atoms with van der Waals surface area (Å²) >= 11 is 0. The summed E-state index contributed by atoms with van der Waals surface area (Å²) in [6.07, 6.45) is 0.425. The minimum absolute atomic E-state index is 0.0256. The number of carbonyl (C=O) groups is 2. The van der Waals surface area contributed by atoms with E-state index in [1.165, 1.54) is 12.1 Å². The third kappa shape index (κ3) is 5.34. The fourth-order valence-electron chi connectivity index (χ4n) is 1.75. The summed E-state index contributed by atoms with van der Waals surface area (Å²) < 4.78 is 26.3. The molecule has 1 aromatic rings. The predicted octanol–water partition coefficient (Wildman–Crippen LogP) is 2.27. The second-order valence-electron chi connectivity index (χ2n) is 4.61. The number of carbonyl (C=O) groups excluding carboxylic acids is 1. The number of nitrogens with one attached hydrogen (secondary N) is 1. The highest BCUT2D eigenvalue weighted by Crippen LogP contribution is 2.13. The number of carboxylic acids is 1. The molecule has 1 unspecified atom stereocenters. The highest BCUT2D eigenvalue weighted by atomic mass is 19.2. The second-order valence-corrected chi connectivity index (χ2v) is 4.61. The first kappa shape index (κ1) is 16.1. The van der Waals surface area contributed by atoms with Crippen molar-refractivity contribution in [2.45, 2.75) is 38.6 Å². The van der Waals surface area contributed by atoms with Crippen LogP contribution in [0.4, 0.5) is 8.78 Å². The number of carboxylic acid groups (broad SMARTS) is 1. The first-order valence-corrected chi connectivity index (χ1v) is 6.34. The van der Waals surface area contributed by atoms with Gasteiger partial charge in [-0.2, -0.15) is 0 Å². The van der Waals surface area contributed by atoms with Gasteiger partial charge < -0.3 is 10.4 Å². The number of hydrogen-bond donors (Lipinski definition) is 2. The molecule has 0 aliphatic carbocycles. The van der Waals surface area contributed by atoms with Crippen LogP contribution in [0.5, 0.6) is 0 Å². The lowest BCUT2D eigenvalue weighted by Gasteiger charge is -2.12. The van der Waals surface area contributed by atoms with Crippen molar-refractivity contribution >= 4 is 11.9 Å². The number of rotatable bonds is 7. The lowest BCUT2D eigenvalue weighted by atomic mass is 10.1. The van der Waals surface area contributed by atoms with Gasteiger partial charge in [-0.05, 0) is 31.4 Å². The predicted molar refractivity (Wildman–Crippen MR) is 69.2 cm³/mol. The second kappa shape index (κ2) is 7.57. The maximum Gasteiger partial charge on any atom is 0.303 e. The molecule has 0 aromatic heterocycles. The summed E-state index contributed by atoms with van der Waals surface area (Å²) in [6.45, 7) is 1.70. The fraction of sp³-hybridized carbons (Fsp3) is 0.429. The molecule has 0 fully saturated rings. The Balaban J connectivity index is 2.39. The number of aryl methyl sites for hydroxylation is 1. The molecule has 1 aromatic carbocycles. The van der Waals surface area contributed by atoms with Crippen LogP contribution in [0.1, 0.15) is 31.7 Å². The molecule has 1 atom stereocenters. The Labute approximate surface area is 115 Å². The monoisotopic (exact) mass is 285 g/mol. The van der Waals surface area contributed by atoms with Crippen molar-refractivity contribution < 1.29 is 23.5 Å². The molecule has 1 amide bonds. The Hall–Kier alpha value is -1.98. The van der Waals surface area contributed by atoms with Crippen LogP contribution in [-0.4, -0.2) is 23.0 Å². The Morgan fingerprint density at radius 3 is 2.65 bits per heavy atom. The summed E-state index contributed by atoms with van der Waals surface area (Å²) in [7, 11) is 0. The van der Waals surface area contributed by atoms with Gasteiger partial charge >= 0.3 is 5.97 Å². The molecule has 0 aliphatic heterocycles. The average molecular weight is 285 g/mol. The number of aliphatic carboxylic acids is 1. The van der Waals surface area contributed by atoms with Crippen molar-refractivity contribution in [1.82, 2.24) is 5.32 Å². The number of amides is 1. The first-order chi connectivity index (χ1) is 9.40. The highest BCUT2D eigenvalue weighted by molar-refractivity contribution is 5.76. The van der Waals surface area contributed by atoms with Gasteiger partial charge in [0.25, 0.3) is 0 Å². The van der Waals surface area contributed by atoms with Gasteiger partial charge in [0.15, 0.2) is 11.6 Å². The van der Waals surface area contributed by atoms with Gasteiger partial charge in [-0.3, -0.25) is 9.59 Å². The van der Waals surface area contributed by atoms with Crippen LogP contribution < -0.4 is 5.32 Å². The van der Waals surface area contributed by atoms with Gasteiger partial charge in [-0.1, -0.05) is 12.1 Å². The zero-order valence-corrected chi connectivity index (χ0v) is 11.2. The van der Waals surface area contributed by atoms with Crippen LogP contribution >= 0.6 is 0 Å². The summed E-state index contributed by atoms with van der Waals surface area (Å²) in [6, 6.07) is 3.57. The summed E-state index contributed by atoms with van der Waals surface area (Å²) in [5, 5.41) is 11.1. The topological polar surface area (TPSA) is 66.4 Å². The molecule has 6 heteroatoms. The summed E-state index contributed by atoms with van der Waals surface area (Å²) in [4.78, 5) is 22.0. The van der Waals surface area contributed by atoms with Crippen molar-refractivity contribution in [1.29, 1.82) is 0 Å². The van der Waals surface area contributed by atoms with Crippen molar-refractivity contribution in [3.8, 4) is 0 Å². The van der Waals surface area contributed by atoms with E-state index in [1.54, 1.807) is 6.92 Å². The van der Waals surface area contributed by atoms with Crippen LogP contribution in [0.2, 0.25) is 0 Å². The maximum absolute atomic E-state index is 13.4. The third-order valence-electron chi connectivity index (χ3n) is 2.85. The van der Waals surface area contributed by atoms with Crippen LogP contribution in [0, 0.1) is 11.6 Å². The van der Waals surface area contributed by atoms with E-state index in [9.17, 15) is 18.4 Å². The minimum Gasteiger partial charge on any atom is -0.481 e. The van der Waals surface area contributed by atoms with Crippen molar-refractivity contribution in [3.63, 3.8) is 0 Å². The number of hydrogen-bond acceptors (Lipinski definition) is 2. The lowest BCUT2D eigenvalue weighted by Crippen LogP contribution is -2.33. The average Bonchev–Trinajstić information content (AvgIpc) is 2.38. The molecule has 0 aliphatic rings. The first-order valence-electron chi connectivity index (χ1n) is 6.34. The molecule has 0 heterocycles. The van der Waals surface area contributed by atoms with E-state index in [2.05, 4.69) is 5.32 Å². The van der Waals surface area contributed by atoms with E-state index in [-0.39, 0.29) is 36.8 Å². The molecule has 4 nitrogen and oxygen atoms in total. The quantitative estimate of drug-likeness (QED) is 0.807. The fourth-order valence-corrected chi connectivity index (χ4v) is 1.75. The molecule has 0 spiro atoms. The Morgan fingerprint density at radius 1 is 1.30 bits per heavy atom. The maximum atomic E-state index is 13.4. The number of benzene rings is 1. The lowest BCUT2D eigenvalue weighted by molar-refractivity contribution is -0.137. The molecule has 0 radical (unpaired) electrons. The Kier molecular flexibility index (Phi) is 6.09. The molecule has 2 N–H and O–H groups in total. The van der Waals surface area contributed by atoms with Gasteiger partial charge in [-0.15, -0.1) is 0 Å². The molecular formula is C14H17F2NO3. The van der Waals surface area contributed by atoms with Crippen LogP contribution in [0.15, 0.2) is 18.2 Å². The molecule has 20 heavy (non-hydrogen) atoms. The van der Waals surface area contributed by atoms with E-state index >= 15 is 0 Å². The largest absolute Gasteiger partial charge is 0.481 e. The Bertz CT molecular complexity index is 491. The van der Waals surface area contributed by atoms with Crippen molar-refractivity contribution in [3.05, 3.63) is 35.4 Å². The normalized spacial score (nSPS) is 11.9. The molecule has 0 bridgehead atoms. The minimum atomic E-state index is -0.933. The van der Waals surface area contributed by atoms with Gasteiger partial charge in [-0.25, -0.2) is 8.78 Å². The Morgan fingerprint density at radius 2 is 2.00 bits per heavy atom. The van der Waals surface area contributed by atoms with Crippen molar-refractivity contribution in [2.75, 3.05) is 0 Å². The van der Waals surface area contributed by atoms with Gasteiger partial charge in [0.1, 0.15) is 0 Å². The van der Waals surface area contributed by atoms with Gasteiger partial charge in [0.2, 0.25) is 5.91 Å². The zero-order valence-electron chi connectivity index (χ0n) is 11.2. The summed E-state index contributed by atoms with van der Waals surface area (Å²) in [5.41, 5.74) is 0.151. The van der Waals surface area contributed by atoms with E-state index in [4.69, 9.17) is 5.11 Å². The molecule has 1 rings (SSSR count). The molecule has 0 saturated carbocycles. The molecule has 0 saturated heterocycles. The van der Waals surface area contributed by atoms with Crippen molar-refractivity contribution in [2.24, 2.45) is 0 Å². The molecular weight excluding hydrogens is 268 g/mol. The van der Waals surface area contributed by atoms with E-state index in [0.717, 1.165) is 6.07 Å². The van der Waals surface area contributed by atoms with E-state index in [0.29, 0.717) is 6.42 Å². The number of halogens is 2. The zero-order chi connectivity index (χ0) is 15.1. The van der Waals surface area contributed by atoms with E-state index < -0.39 is 17.6 Å². The van der Waals surface area contributed by atoms with Crippen LogP contribution in [-0.2, 0) is 16.0 Å².